The van der Waals surface area contributed by atoms with Crippen molar-refractivity contribution < 1.29 is 18.3 Å². The van der Waals surface area contributed by atoms with Crippen molar-refractivity contribution in [3.63, 3.8) is 0 Å². The molecule has 0 aromatic heterocycles. The van der Waals surface area contributed by atoms with Crippen molar-refractivity contribution >= 4 is 26.0 Å². The second-order valence-electron chi connectivity index (χ2n) is 4.63. The molecule has 0 fully saturated rings. The Morgan fingerprint density at radius 1 is 1.40 bits per heavy atom. The first-order valence-corrected chi connectivity index (χ1v) is 8.66. The fraction of sp³-hybridized carbons (Fsp3) is 0.538. The first-order valence-electron chi connectivity index (χ1n) is 6.39. The zero-order valence-corrected chi connectivity index (χ0v) is 14.2. The van der Waals surface area contributed by atoms with Gasteiger partial charge in [-0.2, -0.15) is 0 Å². The third-order valence-corrected chi connectivity index (χ3v) is 4.65. The quantitative estimate of drug-likeness (QED) is 0.777. The molecule has 0 amide bonds. The maximum Gasteiger partial charge on any atom is 0.244 e. The van der Waals surface area contributed by atoms with Crippen LogP contribution in [0.2, 0.25) is 0 Å². The van der Waals surface area contributed by atoms with Crippen LogP contribution >= 0.6 is 15.9 Å². The number of aliphatic hydroxyl groups excluding tert-OH is 1. The van der Waals surface area contributed by atoms with E-state index < -0.39 is 16.1 Å². The number of aliphatic hydroxyl groups is 1. The van der Waals surface area contributed by atoms with Gasteiger partial charge in [-0.15, -0.1) is 0 Å². The van der Waals surface area contributed by atoms with Gasteiger partial charge in [0.05, 0.1) is 12.7 Å². The summed E-state index contributed by atoms with van der Waals surface area (Å²) in [5.74, 6) is 0.312. The van der Waals surface area contributed by atoms with E-state index in [1.807, 2.05) is 0 Å². The van der Waals surface area contributed by atoms with E-state index in [1.54, 1.807) is 32.9 Å². The lowest BCUT2D eigenvalue weighted by Gasteiger charge is -2.17. The number of rotatable bonds is 7. The van der Waals surface area contributed by atoms with E-state index in [9.17, 15) is 13.5 Å². The molecule has 0 spiro atoms. The molecule has 2 atom stereocenters. The molecule has 0 saturated carbocycles. The Balaban J connectivity index is 3.05. The molecule has 0 heterocycles. The van der Waals surface area contributed by atoms with E-state index in [-0.39, 0.29) is 10.9 Å². The highest BCUT2D eigenvalue weighted by atomic mass is 79.9. The number of sulfonamides is 1. The summed E-state index contributed by atoms with van der Waals surface area (Å²) in [5, 5.41) is 9.31. The van der Waals surface area contributed by atoms with Crippen LogP contribution in [0.4, 0.5) is 0 Å². The van der Waals surface area contributed by atoms with E-state index in [0.29, 0.717) is 23.2 Å². The SMILES string of the molecule is CCOc1ccc(Br)cc1S(=O)(=O)NC(C)CC(C)O. The monoisotopic (exact) mass is 365 g/mol. The second-order valence-corrected chi connectivity index (χ2v) is 7.23. The number of halogens is 1. The highest BCUT2D eigenvalue weighted by Gasteiger charge is 2.22. The Morgan fingerprint density at radius 2 is 2.05 bits per heavy atom. The van der Waals surface area contributed by atoms with Crippen molar-refractivity contribution in [3.8, 4) is 5.75 Å². The molecule has 1 rings (SSSR count). The normalized spacial score (nSPS) is 14.8. The standard InChI is InChI=1S/C13H20BrNO4S/c1-4-19-12-6-5-11(14)8-13(12)20(17,18)15-9(2)7-10(3)16/h5-6,8-10,15-16H,4,7H2,1-3H3. The van der Waals surface area contributed by atoms with Crippen LogP contribution in [-0.2, 0) is 10.0 Å². The number of benzene rings is 1. The van der Waals surface area contributed by atoms with E-state index >= 15 is 0 Å². The first kappa shape index (κ1) is 17.4. The van der Waals surface area contributed by atoms with Gasteiger partial charge in [0.2, 0.25) is 10.0 Å². The van der Waals surface area contributed by atoms with Crippen LogP contribution in [0, 0.1) is 0 Å². The highest BCUT2D eigenvalue weighted by Crippen LogP contribution is 2.27. The van der Waals surface area contributed by atoms with E-state index in [1.165, 1.54) is 6.07 Å². The van der Waals surface area contributed by atoms with Gasteiger partial charge in [0.25, 0.3) is 0 Å². The molecule has 114 valence electrons. The van der Waals surface area contributed by atoms with E-state index in [0.717, 1.165) is 0 Å². The van der Waals surface area contributed by atoms with Crippen LogP contribution in [0.25, 0.3) is 0 Å². The van der Waals surface area contributed by atoms with Gasteiger partial charge in [-0.05, 0) is 45.4 Å². The smallest absolute Gasteiger partial charge is 0.244 e. The minimum atomic E-state index is -3.70. The molecule has 0 radical (unpaired) electrons. The van der Waals surface area contributed by atoms with Crippen LogP contribution < -0.4 is 9.46 Å². The zero-order chi connectivity index (χ0) is 15.3. The van der Waals surface area contributed by atoms with E-state index in [2.05, 4.69) is 20.7 Å². The molecular formula is C13H20BrNO4S. The Labute approximate surface area is 128 Å². The summed E-state index contributed by atoms with van der Waals surface area (Å²) in [6, 6.07) is 4.47. The summed E-state index contributed by atoms with van der Waals surface area (Å²) < 4.78 is 33.3. The summed E-state index contributed by atoms with van der Waals surface area (Å²) in [6.45, 7) is 5.51. The molecule has 0 bridgehead atoms. The second kappa shape index (κ2) is 7.40. The Kier molecular flexibility index (Phi) is 6.44. The molecular weight excluding hydrogens is 346 g/mol. The molecule has 0 aliphatic rings. The van der Waals surface area contributed by atoms with Gasteiger partial charge >= 0.3 is 0 Å². The number of ether oxygens (including phenoxy) is 1. The van der Waals surface area contributed by atoms with Crippen molar-refractivity contribution in [3.05, 3.63) is 22.7 Å². The van der Waals surface area contributed by atoms with Gasteiger partial charge in [0.1, 0.15) is 10.6 Å². The Morgan fingerprint density at radius 3 is 2.60 bits per heavy atom. The van der Waals surface area contributed by atoms with Crippen molar-refractivity contribution in [2.75, 3.05) is 6.61 Å². The molecule has 0 saturated heterocycles. The molecule has 5 nitrogen and oxygen atoms in total. The molecule has 2 unspecified atom stereocenters. The molecule has 1 aromatic carbocycles. The average molecular weight is 366 g/mol. The third-order valence-electron chi connectivity index (χ3n) is 2.55. The molecule has 0 aliphatic carbocycles. The largest absolute Gasteiger partial charge is 0.492 e. The van der Waals surface area contributed by atoms with Crippen LogP contribution in [0.15, 0.2) is 27.6 Å². The topological polar surface area (TPSA) is 75.6 Å². The van der Waals surface area contributed by atoms with Crippen molar-refractivity contribution in [2.45, 2.75) is 44.2 Å². The van der Waals surface area contributed by atoms with Crippen LogP contribution in [0.5, 0.6) is 5.75 Å². The lowest BCUT2D eigenvalue weighted by Crippen LogP contribution is -2.34. The lowest BCUT2D eigenvalue weighted by atomic mass is 10.2. The number of hydrogen-bond acceptors (Lipinski definition) is 4. The van der Waals surface area contributed by atoms with Crippen LogP contribution in [-0.4, -0.2) is 32.3 Å². The van der Waals surface area contributed by atoms with Gasteiger partial charge in [-0.3, -0.25) is 0 Å². The van der Waals surface area contributed by atoms with Gasteiger partial charge in [-0.1, -0.05) is 15.9 Å². The maximum atomic E-state index is 12.4. The van der Waals surface area contributed by atoms with E-state index in [4.69, 9.17) is 4.74 Å². The summed E-state index contributed by atoms with van der Waals surface area (Å²) in [5.41, 5.74) is 0. The highest BCUT2D eigenvalue weighted by molar-refractivity contribution is 9.10. The Hall–Kier alpha value is -0.630. The van der Waals surface area contributed by atoms with Crippen molar-refractivity contribution in [1.82, 2.24) is 4.72 Å². The maximum absolute atomic E-state index is 12.4. The van der Waals surface area contributed by atoms with Crippen molar-refractivity contribution in [2.24, 2.45) is 0 Å². The van der Waals surface area contributed by atoms with Gasteiger partial charge in [-0.25, -0.2) is 13.1 Å². The van der Waals surface area contributed by atoms with Crippen molar-refractivity contribution in [1.29, 1.82) is 0 Å². The minimum Gasteiger partial charge on any atom is -0.492 e. The van der Waals surface area contributed by atoms with Crippen LogP contribution in [0.1, 0.15) is 27.2 Å². The molecule has 1 aromatic rings. The summed E-state index contributed by atoms with van der Waals surface area (Å²) >= 11 is 3.26. The van der Waals surface area contributed by atoms with Gasteiger partial charge in [0.15, 0.2) is 0 Å². The summed E-state index contributed by atoms with van der Waals surface area (Å²) in [4.78, 5) is 0.0890. The fourth-order valence-electron chi connectivity index (χ4n) is 1.85. The zero-order valence-electron chi connectivity index (χ0n) is 11.8. The summed E-state index contributed by atoms with van der Waals surface area (Å²) in [6.07, 6.45) is -0.224. The molecule has 20 heavy (non-hydrogen) atoms. The lowest BCUT2D eigenvalue weighted by molar-refractivity contribution is 0.175. The van der Waals surface area contributed by atoms with Crippen LogP contribution in [0.3, 0.4) is 0 Å². The number of nitrogens with one attached hydrogen (secondary N) is 1. The minimum absolute atomic E-state index is 0.0890. The molecule has 0 aliphatic heterocycles. The number of hydrogen-bond donors (Lipinski definition) is 2. The first-order chi connectivity index (χ1) is 9.26. The average Bonchev–Trinajstić information content (AvgIpc) is 2.29. The third kappa shape index (κ3) is 5.05. The molecule has 7 heteroatoms. The Bertz CT molecular complexity index is 545. The van der Waals surface area contributed by atoms with Gasteiger partial charge < -0.3 is 9.84 Å². The fourth-order valence-corrected chi connectivity index (χ4v) is 3.79. The summed E-state index contributed by atoms with van der Waals surface area (Å²) in [7, 11) is -3.70. The predicted molar refractivity (Wildman–Crippen MR) is 81.4 cm³/mol. The predicted octanol–water partition coefficient (Wildman–Crippen LogP) is 2.29. The molecule has 2 N–H and O–H groups in total. The van der Waals surface area contributed by atoms with Gasteiger partial charge in [0, 0.05) is 10.5 Å².